The molecule has 0 saturated heterocycles. The maximum Gasteiger partial charge on any atom is 0.233 e. The fourth-order valence-electron chi connectivity index (χ4n) is 2.03. The number of nitrogens with two attached hydrogens (primary N) is 1. The van der Waals surface area contributed by atoms with E-state index in [0.29, 0.717) is 10.7 Å². The van der Waals surface area contributed by atoms with Crippen LogP contribution in [0.5, 0.6) is 0 Å². The van der Waals surface area contributed by atoms with Gasteiger partial charge in [-0.15, -0.1) is 0 Å². The predicted molar refractivity (Wildman–Crippen MR) is 83.1 cm³/mol. The van der Waals surface area contributed by atoms with Crippen LogP contribution in [0.3, 0.4) is 0 Å². The molecule has 1 atom stereocenters. The molecule has 0 bridgehead atoms. The highest BCUT2D eigenvalue weighted by Gasteiger charge is 2.19. The third-order valence-electron chi connectivity index (χ3n) is 3.13. The Hall–Kier alpha value is -1.84. The first-order chi connectivity index (χ1) is 9.61. The summed E-state index contributed by atoms with van der Waals surface area (Å²) in [5, 5.41) is 3.37. The van der Waals surface area contributed by atoms with Gasteiger partial charge in [-0.05, 0) is 30.2 Å². The summed E-state index contributed by atoms with van der Waals surface area (Å²) in [4.78, 5) is 12.4. The van der Waals surface area contributed by atoms with Crippen molar-refractivity contribution >= 4 is 23.2 Å². The van der Waals surface area contributed by atoms with Crippen molar-refractivity contribution in [1.29, 1.82) is 0 Å². The van der Waals surface area contributed by atoms with Gasteiger partial charge in [0.1, 0.15) is 0 Å². The van der Waals surface area contributed by atoms with Crippen molar-refractivity contribution in [3.63, 3.8) is 0 Å². The summed E-state index contributed by atoms with van der Waals surface area (Å²) in [6.45, 7) is 2.20. The second-order valence-corrected chi connectivity index (χ2v) is 5.08. The fraction of sp³-hybridized carbons (Fsp3) is 0.188. The lowest BCUT2D eigenvalue weighted by Crippen LogP contribution is -2.27. The first-order valence-corrected chi connectivity index (χ1v) is 6.81. The van der Waals surface area contributed by atoms with Gasteiger partial charge in [0.25, 0.3) is 0 Å². The molecule has 1 amide bonds. The van der Waals surface area contributed by atoms with E-state index in [9.17, 15) is 4.79 Å². The van der Waals surface area contributed by atoms with Crippen molar-refractivity contribution in [3.8, 4) is 0 Å². The van der Waals surface area contributed by atoms with Gasteiger partial charge in [-0.2, -0.15) is 0 Å². The number of carbonyl (C=O) groups excluding carboxylic acids is 1. The predicted octanol–water partition coefficient (Wildman–Crippen LogP) is 3.33. The van der Waals surface area contributed by atoms with E-state index in [0.717, 1.165) is 11.1 Å². The second-order valence-electron chi connectivity index (χ2n) is 4.67. The van der Waals surface area contributed by atoms with Crippen molar-refractivity contribution in [3.05, 3.63) is 64.7 Å². The summed E-state index contributed by atoms with van der Waals surface area (Å²) in [7, 11) is 0. The minimum atomic E-state index is -0.382. The number of carbonyl (C=O) groups is 1. The summed E-state index contributed by atoms with van der Waals surface area (Å²) in [5.74, 6) is -0.529. The molecule has 2 aromatic rings. The van der Waals surface area contributed by atoms with Crippen LogP contribution in [0.1, 0.15) is 17.0 Å². The Kier molecular flexibility index (Phi) is 4.77. The molecule has 1 unspecified atom stereocenters. The molecule has 4 heteroatoms. The van der Waals surface area contributed by atoms with Crippen molar-refractivity contribution in [2.75, 3.05) is 11.9 Å². The topological polar surface area (TPSA) is 55.1 Å². The van der Waals surface area contributed by atoms with Gasteiger partial charge >= 0.3 is 0 Å². The highest BCUT2D eigenvalue weighted by atomic mass is 35.5. The minimum absolute atomic E-state index is 0.147. The molecule has 0 heterocycles. The molecule has 104 valence electrons. The average molecular weight is 289 g/mol. The molecular weight excluding hydrogens is 272 g/mol. The Morgan fingerprint density at radius 3 is 2.60 bits per heavy atom. The van der Waals surface area contributed by atoms with Crippen LogP contribution in [-0.4, -0.2) is 12.5 Å². The van der Waals surface area contributed by atoms with Gasteiger partial charge in [-0.3, -0.25) is 4.79 Å². The maximum absolute atomic E-state index is 12.4. The Morgan fingerprint density at radius 2 is 1.95 bits per heavy atom. The minimum Gasteiger partial charge on any atom is -0.329 e. The molecule has 0 saturated carbocycles. The lowest BCUT2D eigenvalue weighted by molar-refractivity contribution is -0.117. The van der Waals surface area contributed by atoms with Crippen LogP contribution >= 0.6 is 11.6 Å². The number of nitrogens with one attached hydrogen (secondary N) is 1. The van der Waals surface area contributed by atoms with Crippen LogP contribution in [0.4, 0.5) is 5.69 Å². The molecule has 0 fully saturated rings. The summed E-state index contributed by atoms with van der Waals surface area (Å²) >= 11 is 6.09. The first kappa shape index (κ1) is 14.6. The molecule has 0 aliphatic rings. The van der Waals surface area contributed by atoms with Crippen LogP contribution in [0.15, 0.2) is 48.5 Å². The van der Waals surface area contributed by atoms with E-state index in [1.807, 2.05) is 49.4 Å². The van der Waals surface area contributed by atoms with E-state index in [2.05, 4.69) is 5.32 Å². The summed E-state index contributed by atoms with van der Waals surface area (Å²) < 4.78 is 0. The first-order valence-electron chi connectivity index (χ1n) is 6.44. The van der Waals surface area contributed by atoms with E-state index in [1.54, 1.807) is 6.07 Å². The van der Waals surface area contributed by atoms with Crippen molar-refractivity contribution in [2.24, 2.45) is 5.73 Å². The molecule has 0 aliphatic carbocycles. The number of aryl methyl sites for hydroxylation is 1. The summed E-state index contributed by atoms with van der Waals surface area (Å²) in [6.07, 6.45) is 0. The summed E-state index contributed by atoms with van der Waals surface area (Å²) in [6, 6.07) is 15.0. The molecule has 3 N–H and O–H groups in total. The Bertz CT molecular complexity index is 599. The van der Waals surface area contributed by atoms with Gasteiger partial charge in [0.2, 0.25) is 5.91 Å². The van der Waals surface area contributed by atoms with Crippen LogP contribution < -0.4 is 11.1 Å². The summed E-state index contributed by atoms with van der Waals surface area (Å²) in [5.41, 5.74) is 8.29. The van der Waals surface area contributed by atoms with Crippen molar-refractivity contribution in [2.45, 2.75) is 12.8 Å². The number of anilines is 1. The van der Waals surface area contributed by atoms with E-state index >= 15 is 0 Å². The third kappa shape index (κ3) is 3.38. The van der Waals surface area contributed by atoms with Crippen molar-refractivity contribution in [1.82, 2.24) is 0 Å². The van der Waals surface area contributed by atoms with Crippen molar-refractivity contribution < 1.29 is 4.79 Å². The Morgan fingerprint density at radius 1 is 1.25 bits per heavy atom. The quantitative estimate of drug-likeness (QED) is 0.907. The van der Waals surface area contributed by atoms with Gasteiger partial charge in [0, 0.05) is 6.54 Å². The lowest BCUT2D eigenvalue weighted by Gasteiger charge is -2.16. The zero-order valence-electron chi connectivity index (χ0n) is 11.3. The van der Waals surface area contributed by atoms with E-state index in [1.165, 1.54) is 0 Å². The van der Waals surface area contributed by atoms with Gasteiger partial charge in [0.05, 0.1) is 16.6 Å². The number of hydrogen-bond donors (Lipinski definition) is 2. The van der Waals surface area contributed by atoms with Crippen LogP contribution in [0.2, 0.25) is 5.02 Å². The van der Waals surface area contributed by atoms with E-state index < -0.39 is 0 Å². The van der Waals surface area contributed by atoms with Gasteiger partial charge in [-0.1, -0.05) is 48.0 Å². The zero-order valence-corrected chi connectivity index (χ0v) is 12.0. The second kappa shape index (κ2) is 6.55. The third-order valence-corrected chi connectivity index (χ3v) is 3.46. The largest absolute Gasteiger partial charge is 0.329 e. The van der Waals surface area contributed by atoms with Gasteiger partial charge in [-0.25, -0.2) is 0 Å². The molecule has 20 heavy (non-hydrogen) atoms. The van der Waals surface area contributed by atoms with Crippen LogP contribution in [-0.2, 0) is 4.79 Å². The van der Waals surface area contributed by atoms with E-state index in [-0.39, 0.29) is 18.4 Å². The number of halogens is 1. The standard InChI is InChI=1S/C16H17ClN2O/c1-11-7-8-14(17)15(9-11)19-16(20)13(10-18)12-5-3-2-4-6-12/h2-9,13H,10,18H2,1H3,(H,19,20). The Labute approximate surface area is 123 Å². The molecule has 0 aromatic heterocycles. The normalized spacial score (nSPS) is 11.9. The molecule has 3 nitrogen and oxygen atoms in total. The maximum atomic E-state index is 12.4. The average Bonchev–Trinajstić information content (AvgIpc) is 2.45. The molecular formula is C16H17ClN2O. The number of amides is 1. The van der Waals surface area contributed by atoms with Crippen LogP contribution in [0.25, 0.3) is 0 Å². The number of rotatable bonds is 4. The smallest absolute Gasteiger partial charge is 0.233 e. The molecule has 0 radical (unpaired) electrons. The van der Waals surface area contributed by atoms with E-state index in [4.69, 9.17) is 17.3 Å². The highest BCUT2D eigenvalue weighted by Crippen LogP contribution is 2.24. The van der Waals surface area contributed by atoms with Crippen LogP contribution in [0, 0.1) is 6.92 Å². The van der Waals surface area contributed by atoms with Gasteiger partial charge in [0.15, 0.2) is 0 Å². The lowest BCUT2D eigenvalue weighted by atomic mass is 9.98. The monoisotopic (exact) mass is 288 g/mol. The molecule has 2 aromatic carbocycles. The van der Waals surface area contributed by atoms with Gasteiger partial charge < -0.3 is 11.1 Å². The SMILES string of the molecule is Cc1ccc(Cl)c(NC(=O)C(CN)c2ccccc2)c1. The molecule has 2 rings (SSSR count). The highest BCUT2D eigenvalue weighted by molar-refractivity contribution is 6.33. The molecule has 0 spiro atoms. The number of hydrogen-bond acceptors (Lipinski definition) is 2. The number of benzene rings is 2. The Balaban J connectivity index is 2.20. The fourth-order valence-corrected chi connectivity index (χ4v) is 2.20. The molecule has 0 aliphatic heterocycles. The zero-order chi connectivity index (χ0) is 14.5.